The standard InChI is InChI=1S/C40H64N2O5SSi/c1-26-17-16-20-40(10)33(42(40)21-22-46-49(12,13)38(5,6)7)24-31(27(2)23-35-41-30-18-14-15-19-32(30)48-35)47-36(43)25-34(45-11)39(8,9)37(44)29(4)28(26)3/h14-15,18-19,23,26,28-29,31,33-34H,16-17,20-22,24-25H2,1-13H3/b27-23+/t26-,28-,29+,31-,33-,34-,40+,42?/m0/s1. The number of cyclic esters (lactones) is 1. The Balaban J connectivity index is 1.67. The van der Waals surface area contributed by atoms with Gasteiger partial charge in [-0.1, -0.05) is 80.4 Å². The summed E-state index contributed by atoms with van der Waals surface area (Å²) in [6.07, 6.45) is 4.97. The molecule has 0 N–H and O–H groups in total. The van der Waals surface area contributed by atoms with Gasteiger partial charge in [-0.25, -0.2) is 4.98 Å². The Morgan fingerprint density at radius 2 is 1.82 bits per heavy atom. The highest BCUT2D eigenvalue weighted by Gasteiger charge is 2.58. The first-order valence-corrected chi connectivity index (χ1v) is 22.2. The predicted molar refractivity (Wildman–Crippen MR) is 205 cm³/mol. The Morgan fingerprint density at radius 1 is 1.14 bits per heavy atom. The van der Waals surface area contributed by atoms with Gasteiger partial charge in [-0.15, -0.1) is 11.3 Å². The van der Waals surface area contributed by atoms with Gasteiger partial charge in [0, 0.05) is 44.2 Å². The molecule has 0 bridgehead atoms. The van der Waals surface area contributed by atoms with E-state index < -0.39 is 25.9 Å². The van der Waals surface area contributed by atoms with Crippen LogP contribution in [0.3, 0.4) is 0 Å². The average molecular weight is 713 g/mol. The molecule has 3 heterocycles. The maximum atomic E-state index is 14.0. The van der Waals surface area contributed by atoms with Crippen molar-refractivity contribution >= 4 is 47.7 Å². The van der Waals surface area contributed by atoms with Gasteiger partial charge in [0.05, 0.1) is 28.2 Å². The van der Waals surface area contributed by atoms with Gasteiger partial charge < -0.3 is 13.9 Å². The fourth-order valence-corrected chi connectivity index (χ4v) is 9.59. The highest BCUT2D eigenvalue weighted by Crippen LogP contribution is 2.49. The third-order valence-corrected chi connectivity index (χ3v) is 18.2. The fraction of sp³-hybridized carbons (Fsp3) is 0.725. The molecule has 2 aliphatic rings. The molecular weight excluding hydrogens is 649 g/mol. The van der Waals surface area contributed by atoms with E-state index in [4.69, 9.17) is 18.9 Å². The third kappa shape index (κ3) is 8.94. The molecule has 4 rings (SSSR count). The third-order valence-electron chi connectivity index (χ3n) is 12.7. The molecule has 2 aliphatic heterocycles. The summed E-state index contributed by atoms with van der Waals surface area (Å²) in [5.41, 5.74) is 1.09. The number of fused-ring (bicyclic) bond motifs is 2. The number of methoxy groups -OCH3 is 1. The second-order valence-corrected chi connectivity index (χ2v) is 23.2. The SMILES string of the molecule is CO[C@H]1CC(=O)O[C@H](/C(C)=C/c2nc3ccccc3s2)C[C@@H]2N(CCO[Si](C)(C)C(C)(C)C)[C@]2(C)CCC[C@H](C)[C@H](C)[C@@H](C)C(=O)C1(C)C. The Bertz CT molecular complexity index is 1460. The van der Waals surface area contributed by atoms with Gasteiger partial charge in [0.15, 0.2) is 8.32 Å². The second kappa shape index (κ2) is 15.4. The normalized spacial score (nSPS) is 32.5. The molecule has 7 nitrogen and oxygen atoms in total. The van der Waals surface area contributed by atoms with Gasteiger partial charge in [-0.3, -0.25) is 14.5 Å². The Labute approximate surface area is 301 Å². The van der Waals surface area contributed by atoms with Crippen LogP contribution in [-0.4, -0.2) is 74.0 Å². The molecule has 49 heavy (non-hydrogen) atoms. The molecule has 2 aromatic rings. The summed E-state index contributed by atoms with van der Waals surface area (Å²) in [5.74, 6) is 0.277. The Morgan fingerprint density at radius 3 is 2.45 bits per heavy atom. The molecule has 8 atom stereocenters. The highest BCUT2D eigenvalue weighted by molar-refractivity contribution is 7.19. The van der Waals surface area contributed by atoms with Crippen LogP contribution in [-0.2, 0) is 23.5 Å². The zero-order chi connectivity index (χ0) is 36.5. The Kier molecular flexibility index (Phi) is 12.5. The van der Waals surface area contributed by atoms with E-state index in [1.54, 1.807) is 18.4 Å². The predicted octanol–water partition coefficient (Wildman–Crippen LogP) is 9.56. The van der Waals surface area contributed by atoms with E-state index in [1.165, 1.54) is 0 Å². The van der Waals surface area contributed by atoms with E-state index >= 15 is 0 Å². The van der Waals surface area contributed by atoms with Crippen molar-refractivity contribution in [1.29, 1.82) is 0 Å². The zero-order valence-corrected chi connectivity index (χ0v) is 34.5. The lowest BCUT2D eigenvalue weighted by Gasteiger charge is -2.36. The van der Waals surface area contributed by atoms with Crippen molar-refractivity contribution in [3.63, 3.8) is 0 Å². The van der Waals surface area contributed by atoms with Crippen molar-refractivity contribution in [2.75, 3.05) is 20.3 Å². The second-order valence-electron chi connectivity index (χ2n) is 17.3. The van der Waals surface area contributed by atoms with E-state index in [-0.39, 0.29) is 46.6 Å². The lowest BCUT2D eigenvalue weighted by molar-refractivity contribution is -0.155. The van der Waals surface area contributed by atoms with Crippen molar-refractivity contribution in [3.8, 4) is 0 Å². The van der Waals surface area contributed by atoms with E-state index in [9.17, 15) is 9.59 Å². The molecule has 9 heteroatoms. The number of esters is 1. The van der Waals surface area contributed by atoms with Crippen molar-refractivity contribution in [2.24, 2.45) is 23.2 Å². The minimum atomic E-state index is -1.89. The number of thiazole rings is 1. The van der Waals surface area contributed by atoms with Crippen LogP contribution in [0.15, 0.2) is 29.8 Å². The van der Waals surface area contributed by atoms with Gasteiger partial charge in [0.2, 0.25) is 0 Å². The van der Waals surface area contributed by atoms with E-state index in [2.05, 4.69) is 78.6 Å². The monoisotopic (exact) mass is 712 g/mol. The van der Waals surface area contributed by atoms with Gasteiger partial charge >= 0.3 is 5.97 Å². The number of ketones is 1. The highest BCUT2D eigenvalue weighted by atomic mass is 32.1. The number of nitrogens with zero attached hydrogens (tertiary/aromatic N) is 2. The number of Topliss-reactive ketones (excluding diaryl/α,β-unsaturated/α-hetero) is 1. The van der Waals surface area contributed by atoms with Crippen LogP contribution >= 0.6 is 11.3 Å². The lowest BCUT2D eigenvalue weighted by Crippen LogP contribution is -2.45. The van der Waals surface area contributed by atoms with Crippen LogP contribution in [0.25, 0.3) is 16.3 Å². The van der Waals surface area contributed by atoms with Crippen molar-refractivity contribution < 1.29 is 23.5 Å². The minimum Gasteiger partial charge on any atom is -0.458 e. The molecule has 0 amide bonds. The van der Waals surface area contributed by atoms with Crippen LogP contribution < -0.4 is 0 Å². The van der Waals surface area contributed by atoms with Crippen LogP contribution in [0, 0.1) is 23.2 Å². The molecule has 1 unspecified atom stereocenters. The molecular formula is C40H64N2O5SSi. The number of aromatic nitrogens is 1. The van der Waals surface area contributed by atoms with Gasteiger partial charge in [-0.2, -0.15) is 0 Å². The van der Waals surface area contributed by atoms with Crippen LogP contribution in [0.2, 0.25) is 18.1 Å². The summed E-state index contributed by atoms with van der Waals surface area (Å²) < 4.78 is 20.1. The summed E-state index contributed by atoms with van der Waals surface area (Å²) in [5, 5.41) is 1.05. The molecule has 0 saturated carbocycles. The molecule has 1 aromatic heterocycles. The topological polar surface area (TPSA) is 77.7 Å². The van der Waals surface area contributed by atoms with Crippen molar-refractivity contribution in [2.45, 2.75) is 143 Å². The number of rotatable bonds is 7. The first-order chi connectivity index (χ1) is 22.7. The molecule has 2 fully saturated rings. The van der Waals surface area contributed by atoms with Gasteiger partial charge in [0.25, 0.3) is 0 Å². The number of benzene rings is 1. The summed E-state index contributed by atoms with van der Waals surface area (Å²) >= 11 is 1.64. The van der Waals surface area contributed by atoms with E-state index in [0.29, 0.717) is 18.9 Å². The summed E-state index contributed by atoms with van der Waals surface area (Å²) in [4.78, 5) is 35.2. The maximum Gasteiger partial charge on any atom is 0.309 e. The molecule has 0 radical (unpaired) electrons. The molecule has 1 aromatic carbocycles. The molecule has 2 saturated heterocycles. The van der Waals surface area contributed by atoms with Crippen molar-refractivity contribution in [3.05, 3.63) is 34.8 Å². The van der Waals surface area contributed by atoms with Crippen molar-refractivity contribution in [1.82, 2.24) is 9.88 Å². The number of ether oxygens (including phenoxy) is 2. The van der Waals surface area contributed by atoms with E-state index in [1.807, 2.05) is 39.0 Å². The van der Waals surface area contributed by atoms with Gasteiger partial charge in [0.1, 0.15) is 16.9 Å². The minimum absolute atomic E-state index is 0.0167. The van der Waals surface area contributed by atoms with Gasteiger partial charge in [-0.05, 0) is 74.0 Å². The largest absolute Gasteiger partial charge is 0.458 e. The van der Waals surface area contributed by atoms with Crippen LogP contribution in [0.4, 0.5) is 0 Å². The first kappa shape index (κ1) is 39.9. The lowest BCUT2D eigenvalue weighted by atomic mass is 9.70. The smallest absolute Gasteiger partial charge is 0.309 e. The Hall–Kier alpha value is -1.91. The number of hydrogen-bond acceptors (Lipinski definition) is 8. The molecule has 0 aliphatic carbocycles. The molecule has 274 valence electrons. The quantitative estimate of drug-likeness (QED) is 0.161. The van der Waals surface area contributed by atoms with Crippen LogP contribution in [0.1, 0.15) is 106 Å². The molecule has 0 spiro atoms. The average Bonchev–Trinajstić information content (AvgIpc) is 3.34. The number of para-hydroxylation sites is 1. The zero-order valence-electron chi connectivity index (χ0n) is 32.6. The number of carbonyl (C=O) groups is 2. The van der Waals surface area contributed by atoms with E-state index in [0.717, 1.165) is 46.6 Å². The number of carbonyl (C=O) groups excluding carboxylic acids is 2. The maximum absolute atomic E-state index is 14.0. The summed E-state index contributed by atoms with van der Waals surface area (Å²) in [6, 6.07) is 8.40. The number of hydrogen-bond donors (Lipinski definition) is 0. The van der Waals surface area contributed by atoms with Crippen LogP contribution in [0.5, 0.6) is 0 Å². The first-order valence-electron chi connectivity index (χ1n) is 18.4. The summed E-state index contributed by atoms with van der Waals surface area (Å²) in [7, 11) is -0.292. The fourth-order valence-electron chi connectivity index (χ4n) is 7.58. The summed E-state index contributed by atoms with van der Waals surface area (Å²) in [6.45, 7) is 27.8.